The van der Waals surface area contributed by atoms with Crippen molar-refractivity contribution in [2.75, 3.05) is 6.54 Å². The van der Waals surface area contributed by atoms with E-state index >= 15 is 0 Å². The first-order valence-corrected chi connectivity index (χ1v) is 12.6. The smallest absolute Gasteiger partial charge is 0.404 e. The van der Waals surface area contributed by atoms with Gasteiger partial charge in [0.25, 0.3) is 0 Å². The van der Waals surface area contributed by atoms with E-state index in [4.69, 9.17) is 10.1 Å². The maximum atomic E-state index is 10.7. The molecule has 37 heavy (non-hydrogen) atoms. The number of fused-ring (bicyclic) bond motifs is 1. The molecule has 4 aromatic heterocycles. The number of amides is 1. The van der Waals surface area contributed by atoms with Gasteiger partial charge in [0.1, 0.15) is 22.2 Å². The summed E-state index contributed by atoms with van der Waals surface area (Å²) in [5, 5.41) is 15.1. The second-order valence-corrected chi connectivity index (χ2v) is 9.35. The summed E-state index contributed by atoms with van der Waals surface area (Å²) >= 11 is 1.55. The number of nitrogens with zero attached hydrogens (tertiary/aromatic N) is 5. The number of nitrogens with one attached hydrogen (secondary N) is 1. The molecular weight excluding hydrogens is 484 g/mol. The van der Waals surface area contributed by atoms with Crippen molar-refractivity contribution in [1.29, 1.82) is 0 Å². The summed E-state index contributed by atoms with van der Waals surface area (Å²) in [6.07, 6.45) is 7.23. The fraction of sp³-hybridized carbons (Fsp3) is 0.0714. The van der Waals surface area contributed by atoms with Gasteiger partial charge in [0, 0.05) is 59.0 Å². The second kappa shape index (κ2) is 9.71. The number of carbonyl (C=O) groups is 1. The van der Waals surface area contributed by atoms with Crippen molar-refractivity contribution in [3.05, 3.63) is 102 Å². The van der Waals surface area contributed by atoms with Crippen molar-refractivity contribution < 1.29 is 9.90 Å². The van der Waals surface area contributed by atoms with Crippen molar-refractivity contribution in [2.45, 2.75) is 6.42 Å². The lowest BCUT2D eigenvalue weighted by atomic mass is 10.1. The van der Waals surface area contributed by atoms with Gasteiger partial charge in [0.05, 0.1) is 0 Å². The molecule has 0 unspecified atom stereocenters. The van der Waals surface area contributed by atoms with Crippen LogP contribution in [0.1, 0.15) is 5.56 Å². The number of thiazole rings is 1. The Balaban J connectivity index is 1.35. The molecule has 0 saturated carbocycles. The third-order valence-electron chi connectivity index (χ3n) is 6.11. The zero-order chi connectivity index (χ0) is 25.2. The van der Waals surface area contributed by atoms with E-state index in [1.807, 2.05) is 48.1 Å². The van der Waals surface area contributed by atoms with E-state index in [2.05, 4.69) is 60.8 Å². The van der Waals surface area contributed by atoms with Crippen molar-refractivity contribution in [2.24, 2.45) is 0 Å². The van der Waals surface area contributed by atoms with Crippen LogP contribution >= 0.6 is 11.3 Å². The molecule has 2 aromatic carbocycles. The van der Waals surface area contributed by atoms with Crippen LogP contribution in [-0.2, 0) is 6.42 Å². The van der Waals surface area contributed by atoms with E-state index in [-0.39, 0.29) is 0 Å². The van der Waals surface area contributed by atoms with Crippen LogP contribution in [0.5, 0.6) is 0 Å². The Morgan fingerprint density at radius 3 is 2.46 bits per heavy atom. The lowest BCUT2D eigenvalue weighted by Gasteiger charge is -2.10. The maximum absolute atomic E-state index is 10.7. The lowest BCUT2D eigenvalue weighted by Crippen LogP contribution is -2.23. The molecule has 9 heteroatoms. The summed E-state index contributed by atoms with van der Waals surface area (Å²) in [4.78, 5) is 24.6. The first-order valence-electron chi connectivity index (χ1n) is 11.7. The van der Waals surface area contributed by atoms with Gasteiger partial charge in [-0.2, -0.15) is 0 Å². The van der Waals surface area contributed by atoms with Crippen molar-refractivity contribution >= 4 is 28.5 Å². The quantitative estimate of drug-likeness (QED) is 0.285. The Bertz CT molecular complexity index is 1670. The van der Waals surface area contributed by atoms with E-state index in [9.17, 15) is 4.79 Å². The monoisotopic (exact) mass is 506 g/mol. The molecule has 8 nitrogen and oxygen atoms in total. The number of hydrogen-bond donors (Lipinski definition) is 2. The molecule has 0 aliphatic heterocycles. The highest BCUT2D eigenvalue weighted by Crippen LogP contribution is 2.30. The molecule has 0 saturated heterocycles. The molecule has 182 valence electrons. The molecule has 6 rings (SSSR count). The van der Waals surface area contributed by atoms with E-state index in [0.717, 1.165) is 50.1 Å². The van der Waals surface area contributed by atoms with Crippen LogP contribution in [0.4, 0.5) is 4.79 Å². The molecule has 0 spiro atoms. The lowest BCUT2D eigenvalue weighted by molar-refractivity contribution is 0.194. The summed E-state index contributed by atoms with van der Waals surface area (Å²) in [7, 11) is 0. The molecule has 2 N–H and O–H groups in total. The molecule has 0 bridgehead atoms. The zero-order valence-corrected chi connectivity index (χ0v) is 20.5. The number of pyridine rings is 1. The maximum Gasteiger partial charge on any atom is 0.404 e. The molecule has 4 heterocycles. The molecule has 0 atom stereocenters. The molecule has 0 aliphatic rings. The highest BCUT2D eigenvalue weighted by Gasteiger charge is 2.15. The molecule has 1 amide bonds. The average molecular weight is 507 g/mol. The van der Waals surface area contributed by atoms with Gasteiger partial charge in [0.2, 0.25) is 0 Å². The van der Waals surface area contributed by atoms with Crippen molar-refractivity contribution in [3.8, 4) is 33.5 Å². The van der Waals surface area contributed by atoms with Crippen LogP contribution in [0.25, 0.3) is 44.5 Å². The summed E-state index contributed by atoms with van der Waals surface area (Å²) in [6.45, 7) is 0.373. The van der Waals surface area contributed by atoms with Gasteiger partial charge in [0.15, 0.2) is 0 Å². The Morgan fingerprint density at radius 1 is 0.919 bits per heavy atom. The van der Waals surface area contributed by atoms with Gasteiger partial charge < -0.3 is 15.0 Å². The third-order valence-corrected chi connectivity index (χ3v) is 6.91. The Hall–Kier alpha value is -4.76. The molecule has 0 radical (unpaired) electrons. The number of rotatable bonds is 7. The largest absolute Gasteiger partial charge is 0.465 e. The van der Waals surface area contributed by atoms with Gasteiger partial charge >= 0.3 is 6.09 Å². The molecular formula is C28H22N6O2S. The number of hydrogen-bond acceptors (Lipinski definition) is 5. The summed E-state index contributed by atoms with van der Waals surface area (Å²) in [6, 6.07) is 22.4. The van der Waals surface area contributed by atoms with E-state index in [0.29, 0.717) is 13.0 Å². The normalized spacial score (nSPS) is 11.1. The minimum atomic E-state index is -1.01. The van der Waals surface area contributed by atoms with Crippen LogP contribution in [0, 0.1) is 0 Å². The van der Waals surface area contributed by atoms with E-state index < -0.39 is 6.09 Å². The van der Waals surface area contributed by atoms with Gasteiger partial charge in [-0.05, 0) is 66.6 Å². The minimum Gasteiger partial charge on any atom is -0.465 e. The van der Waals surface area contributed by atoms with Crippen LogP contribution in [0.15, 0.2) is 96.9 Å². The third kappa shape index (κ3) is 4.60. The molecule has 0 aliphatic carbocycles. The summed E-state index contributed by atoms with van der Waals surface area (Å²) < 4.78 is 4.14. The van der Waals surface area contributed by atoms with Crippen LogP contribution < -0.4 is 5.32 Å². The Labute approximate surface area is 216 Å². The number of carboxylic acid groups (broad SMARTS) is 1. The van der Waals surface area contributed by atoms with Gasteiger partial charge in [-0.15, -0.1) is 11.3 Å². The second-order valence-electron chi connectivity index (χ2n) is 8.45. The van der Waals surface area contributed by atoms with Crippen LogP contribution in [0.2, 0.25) is 0 Å². The number of aromatic nitrogens is 5. The van der Waals surface area contributed by atoms with Crippen molar-refractivity contribution in [1.82, 2.24) is 29.4 Å². The van der Waals surface area contributed by atoms with E-state index in [1.165, 1.54) is 0 Å². The van der Waals surface area contributed by atoms with Crippen LogP contribution in [0.3, 0.4) is 0 Å². The first-order chi connectivity index (χ1) is 18.2. The molecule has 6 aromatic rings. The first kappa shape index (κ1) is 22.7. The van der Waals surface area contributed by atoms with Crippen molar-refractivity contribution in [3.63, 3.8) is 0 Å². The average Bonchev–Trinajstić information content (AvgIpc) is 3.69. The fourth-order valence-corrected chi connectivity index (χ4v) is 4.91. The zero-order valence-electron chi connectivity index (χ0n) is 19.7. The highest BCUT2D eigenvalue weighted by molar-refractivity contribution is 7.13. The van der Waals surface area contributed by atoms with Gasteiger partial charge in [-0.1, -0.05) is 12.1 Å². The summed E-state index contributed by atoms with van der Waals surface area (Å²) in [5.74, 6) is 0.813. The van der Waals surface area contributed by atoms with Gasteiger partial charge in [-0.3, -0.25) is 4.57 Å². The predicted octanol–water partition coefficient (Wildman–Crippen LogP) is 5.81. The number of benzene rings is 2. The summed E-state index contributed by atoms with van der Waals surface area (Å²) in [5.41, 5.74) is 5.74. The molecule has 0 fully saturated rings. The topological polar surface area (TPSA) is 97.9 Å². The van der Waals surface area contributed by atoms with Crippen LogP contribution in [-0.4, -0.2) is 41.8 Å². The minimum absolute atomic E-state index is 0.373. The number of imidazole rings is 1. The highest BCUT2D eigenvalue weighted by atomic mass is 32.1. The van der Waals surface area contributed by atoms with E-state index in [1.54, 1.807) is 23.7 Å². The fourth-order valence-electron chi connectivity index (χ4n) is 4.32. The van der Waals surface area contributed by atoms with Gasteiger partial charge in [-0.25, -0.2) is 19.7 Å². The Kier molecular flexibility index (Phi) is 5.95. The predicted molar refractivity (Wildman–Crippen MR) is 144 cm³/mol. The SMILES string of the molecule is O=C(O)NCCc1ccc(-n2cc(-c3nccs3)nc2-c2ccc(-n3ccc4cccnc43)cc2)cc1. The standard InChI is InChI=1S/C28H22N6O2S/c35-28(36)31-14-11-19-3-7-23(8-4-19)34-18-24(27-30-15-17-37-27)32-26(34)21-5-9-22(10-6-21)33-16-12-20-2-1-13-29-25(20)33/h1-10,12-13,15-18,31H,11,14H2,(H,35,36). The Morgan fingerprint density at radius 2 is 1.70 bits per heavy atom.